The molecule has 0 saturated carbocycles. The number of nitrogens with zero attached hydrogens (tertiary/aromatic N) is 3. The van der Waals surface area contributed by atoms with E-state index in [0.717, 1.165) is 29.3 Å². The highest BCUT2D eigenvalue weighted by Crippen LogP contribution is 2.08. The molecule has 0 spiro atoms. The predicted octanol–water partition coefficient (Wildman–Crippen LogP) is 1.84. The molecule has 1 aromatic heterocycles. The number of hydrogen-bond acceptors (Lipinski definition) is 4. The molecule has 0 aliphatic rings. The number of halogens is 1. The highest BCUT2D eigenvalue weighted by molar-refractivity contribution is 14.0. The number of aromatic nitrogens is 2. The summed E-state index contributed by atoms with van der Waals surface area (Å²) < 4.78 is 24.5. The Morgan fingerprint density at radius 2 is 1.81 bits per heavy atom. The Labute approximate surface area is 172 Å². The SMILES string of the molecule is CCNC(=NCc1ccc(CS(C)(=O)=O)cc1)NCc1ccnn1C.I. The van der Waals surface area contributed by atoms with Crippen molar-refractivity contribution in [3.05, 3.63) is 53.3 Å². The first-order valence-electron chi connectivity index (χ1n) is 8.12. The van der Waals surface area contributed by atoms with E-state index < -0.39 is 9.84 Å². The van der Waals surface area contributed by atoms with Gasteiger partial charge in [0.1, 0.15) is 0 Å². The van der Waals surface area contributed by atoms with E-state index >= 15 is 0 Å². The van der Waals surface area contributed by atoms with Gasteiger partial charge in [0.2, 0.25) is 0 Å². The van der Waals surface area contributed by atoms with Crippen molar-refractivity contribution in [3.8, 4) is 0 Å². The first-order valence-corrected chi connectivity index (χ1v) is 10.2. The molecule has 0 amide bonds. The van der Waals surface area contributed by atoms with Crippen molar-refractivity contribution in [3.63, 3.8) is 0 Å². The Morgan fingerprint density at radius 3 is 2.35 bits per heavy atom. The molecule has 2 N–H and O–H groups in total. The zero-order valence-corrected chi connectivity index (χ0v) is 18.4. The van der Waals surface area contributed by atoms with E-state index in [2.05, 4.69) is 20.7 Å². The van der Waals surface area contributed by atoms with Gasteiger partial charge < -0.3 is 10.6 Å². The normalized spacial score (nSPS) is 11.7. The lowest BCUT2D eigenvalue weighted by Gasteiger charge is -2.11. The second-order valence-corrected chi connectivity index (χ2v) is 8.02. The molecule has 26 heavy (non-hydrogen) atoms. The molecule has 2 aromatic rings. The van der Waals surface area contributed by atoms with Crippen LogP contribution in [0.25, 0.3) is 0 Å². The van der Waals surface area contributed by atoms with Crippen molar-refractivity contribution < 1.29 is 8.42 Å². The summed E-state index contributed by atoms with van der Waals surface area (Å²) in [6.07, 6.45) is 3.00. The van der Waals surface area contributed by atoms with Gasteiger partial charge in [0.15, 0.2) is 15.8 Å². The maximum atomic E-state index is 11.3. The molecular weight excluding hydrogens is 465 g/mol. The number of guanidine groups is 1. The summed E-state index contributed by atoms with van der Waals surface area (Å²) in [6.45, 7) is 3.93. The van der Waals surface area contributed by atoms with Crippen LogP contribution in [0.3, 0.4) is 0 Å². The van der Waals surface area contributed by atoms with E-state index in [1.807, 2.05) is 49.0 Å². The van der Waals surface area contributed by atoms with Gasteiger partial charge in [-0.2, -0.15) is 5.10 Å². The van der Waals surface area contributed by atoms with Crippen LogP contribution in [0.15, 0.2) is 41.5 Å². The first kappa shape index (κ1) is 22.4. The van der Waals surface area contributed by atoms with Gasteiger partial charge in [0.25, 0.3) is 0 Å². The van der Waals surface area contributed by atoms with E-state index in [4.69, 9.17) is 0 Å². The minimum atomic E-state index is -3.01. The zero-order valence-electron chi connectivity index (χ0n) is 15.3. The molecule has 2 rings (SSSR count). The lowest BCUT2D eigenvalue weighted by atomic mass is 10.1. The van der Waals surface area contributed by atoms with Crippen LogP contribution in [0.2, 0.25) is 0 Å². The summed E-state index contributed by atoms with van der Waals surface area (Å²) in [4.78, 5) is 4.56. The third kappa shape index (κ3) is 7.73. The Bertz CT molecular complexity index is 816. The fraction of sp³-hybridized carbons (Fsp3) is 0.412. The van der Waals surface area contributed by atoms with Gasteiger partial charge >= 0.3 is 0 Å². The Balaban J connectivity index is 0.00000338. The van der Waals surface area contributed by atoms with Crippen LogP contribution in [0.5, 0.6) is 0 Å². The Kier molecular flexibility index (Phi) is 9.06. The zero-order chi connectivity index (χ0) is 18.3. The number of benzene rings is 1. The molecule has 1 aromatic carbocycles. The predicted molar refractivity (Wildman–Crippen MR) is 115 cm³/mol. The van der Waals surface area contributed by atoms with Crippen LogP contribution in [0, 0.1) is 0 Å². The summed E-state index contributed by atoms with van der Waals surface area (Å²) in [5.74, 6) is 0.787. The second-order valence-electron chi connectivity index (χ2n) is 5.88. The van der Waals surface area contributed by atoms with Gasteiger partial charge in [-0.3, -0.25) is 4.68 Å². The van der Waals surface area contributed by atoms with Gasteiger partial charge in [0.05, 0.1) is 24.5 Å². The Hall–Kier alpha value is -1.62. The quantitative estimate of drug-likeness (QED) is 0.351. The van der Waals surface area contributed by atoms with Crippen molar-refractivity contribution in [2.24, 2.45) is 12.0 Å². The molecule has 0 atom stereocenters. The van der Waals surface area contributed by atoms with E-state index in [9.17, 15) is 8.42 Å². The number of sulfone groups is 1. The summed E-state index contributed by atoms with van der Waals surface area (Å²) in [7, 11) is -1.11. The van der Waals surface area contributed by atoms with Crippen molar-refractivity contribution in [1.82, 2.24) is 20.4 Å². The van der Waals surface area contributed by atoms with Crippen LogP contribution in [0.1, 0.15) is 23.7 Å². The van der Waals surface area contributed by atoms with E-state index in [1.54, 1.807) is 6.20 Å². The molecule has 0 radical (unpaired) electrons. The van der Waals surface area contributed by atoms with Crippen LogP contribution >= 0.6 is 24.0 Å². The lowest BCUT2D eigenvalue weighted by Crippen LogP contribution is -2.37. The third-order valence-corrected chi connectivity index (χ3v) is 4.43. The average Bonchev–Trinajstić information content (AvgIpc) is 2.95. The van der Waals surface area contributed by atoms with Crippen molar-refractivity contribution in [1.29, 1.82) is 0 Å². The van der Waals surface area contributed by atoms with Crippen LogP contribution < -0.4 is 10.6 Å². The van der Waals surface area contributed by atoms with Crippen LogP contribution in [-0.2, 0) is 35.7 Å². The molecule has 0 bridgehead atoms. The summed E-state index contributed by atoms with van der Waals surface area (Å²) in [5, 5.41) is 10.6. The van der Waals surface area contributed by atoms with Gasteiger partial charge in [-0.15, -0.1) is 24.0 Å². The largest absolute Gasteiger partial charge is 0.357 e. The van der Waals surface area contributed by atoms with Crippen molar-refractivity contribution in [2.45, 2.75) is 25.8 Å². The van der Waals surface area contributed by atoms with Crippen molar-refractivity contribution in [2.75, 3.05) is 12.8 Å². The average molecular weight is 491 g/mol. The fourth-order valence-corrected chi connectivity index (χ4v) is 3.10. The second kappa shape index (κ2) is 10.5. The highest BCUT2D eigenvalue weighted by atomic mass is 127. The third-order valence-electron chi connectivity index (χ3n) is 3.58. The maximum absolute atomic E-state index is 11.3. The molecule has 0 aliphatic heterocycles. The van der Waals surface area contributed by atoms with E-state index in [0.29, 0.717) is 13.1 Å². The monoisotopic (exact) mass is 491 g/mol. The molecule has 0 unspecified atom stereocenters. The van der Waals surface area contributed by atoms with Gasteiger partial charge in [0, 0.05) is 26.0 Å². The Morgan fingerprint density at radius 1 is 1.15 bits per heavy atom. The number of aliphatic imine (C=N–C) groups is 1. The molecular formula is C17H26IN5O2S. The minimum absolute atomic E-state index is 0. The number of aryl methyl sites for hydroxylation is 1. The van der Waals surface area contributed by atoms with Crippen molar-refractivity contribution >= 4 is 39.8 Å². The van der Waals surface area contributed by atoms with Gasteiger partial charge in [-0.25, -0.2) is 13.4 Å². The summed E-state index contributed by atoms with van der Waals surface area (Å²) in [6, 6.07) is 9.45. The van der Waals surface area contributed by atoms with Crippen LogP contribution in [0.4, 0.5) is 0 Å². The number of rotatable bonds is 7. The fourth-order valence-electron chi connectivity index (χ4n) is 2.30. The topological polar surface area (TPSA) is 88.4 Å². The maximum Gasteiger partial charge on any atom is 0.191 e. The molecule has 1 heterocycles. The molecule has 9 heteroatoms. The molecule has 7 nitrogen and oxygen atoms in total. The lowest BCUT2D eigenvalue weighted by molar-refractivity contribution is 0.601. The molecule has 0 fully saturated rings. The van der Waals surface area contributed by atoms with Crippen LogP contribution in [-0.4, -0.2) is 37.0 Å². The van der Waals surface area contributed by atoms with Gasteiger partial charge in [-0.05, 0) is 24.1 Å². The standard InChI is InChI=1S/C17H25N5O2S.HI/c1-4-18-17(20-12-16-9-10-21-22(16)2)19-11-14-5-7-15(8-6-14)13-25(3,23)24;/h5-10H,4,11-13H2,1-3H3,(H2,18,19,20);1H. The highest BCUT2D eigenvalue weighted by Gasteiger charge is 2.05. The van der Waals surface area contributed by atoms with E-state index in [1.165, 1.54) is 6.26 Å². The summed E-state index contributed by atoms with van der Waals surface area (Å²) >= 11 is 0. The minimum Gasteiger partial charge on any atom is -0.357 e. The number of nitrogens with one attached hydrogen (secondary N) is 2. The van der Waals surface area contributed by atoms with E-state index in [-0.39, 0.29) is 29.7 Å². The molecule has 0 aliphatic carbocycles. The molecule has 0 saturated heterocycles. The number of hydrogen-bond donors (Lipinski definition) is 2. The first-order chi connectivity index (χ1) is 11.9. The van der Waals surface area contributed by atoms with Gasteiger partial charge in [-0.1, -0.05) is 24.3 Å². The molecule has 144 valence electrons. The summed E-state index contributed by atoms with van der Waals surface area (Å²) in [5.41, 5.74) is 2.88. The smallest absolute Gasteiger partial charge is 0.191 e.